The second-order valence-electron chi connectivity index (χ2n) is 16.7. The van der Waals surface area contributed by atoms with Crippen molar-refractivity contribution in [1.29, 1.82) is 0 Å². The van der Waals surface area contributed by atoms with Crippen LogP contribution in [0.2, 0.25) is 0 Å². The van der Waals surface area contributed by atoms with Crippen molar-refractivity contribution < 1.29 is 28.9 Å². The number of benzene rings is 4. The zero-order valence-corrected chi connectivity index (χ0v) is 31.0. The van der Waals surface area contributed by atoms with Crippen LogP contribution in [0.4, 0.5) is 4.39 Å². The quantitative estimate of drug-likeness (QED) is 0.112. The lowest BCUT2D eigenvalue weighted by Gasteiger charge is -2.56. The Morgan fingerprint density at radius 2 is 1.67 bits per heavy atom. The van der Waals surface area contributed by atoms with Gasteiger partial charge >= 0.3 is 5.97 Å². The number of aliphatic hydroxyl groups is 1. The Balaban J connectivity index is 1.09. The van der Waals surface area contributed by atoms with Gasteiger partial charge in [0.1, 0.15) is 23.6 Å². The number of halogens is 1. The summed E-state index contributed by atoms with van der Waals surface area (Å²) in [6.45, 7) is 4.06. The molecule has 8 heteroatoms. The Kier molecular flexibility index (Phi) is 8.71. The number of aliphatic hydroxyl groups excluding tert-OH is 1. The highest BCUT2D eigenvalue weighted by atomic mass is 19.1. The number of phenols is 1. The molecule has 7 nitrogen and oxygen atoms in total. The number of hydrogen-bond acceptors (Lipinski definition) is 7. The molecule has 2 N–H and O–H groups in total. The van der Waals surface area contributed by atoms with E-state index in [4.69, 9.17) is 9.47 Å². The van der Waals surface area contributed by atoms with Crippen LogP contribution >= 0.6 is 0 Å². The molecule has 9 rings (SSSR count). The molecule has 4 aromatic carbocycles. The van der Waals surface area contributed by atoms with Gasteiger partial charge < -0.3 is 29.5 Å². The minimum absolute atomic E-state index is 0.0527. The van der Waals surface area contributed by atoms with Gasteiger partial charge in [0, 0.05) is 48.5 Å². The second-order valence-corrected chi connectivity index (χ2v) is 16.7. The molecular weight excluding hydrogens is 680 g/mol. The lowest BCUT2D eigenvalue weighted by molar-refractivity contribution is -0.148. The summed E-state index contributed by atoms with van der Waals surface area (Å²) in [7, 11) is 2.19. The van der Waals surface area contributed by atoms with Crippen LogP contribution in [0, 0.1) is 17.3 Å². The number of ether oxygens (including phenoxy) is 2. The van der Waals surface area contributed by atoms with E-state index in [9.17, 15) is 10.2 Å². The molecule has 2 saturated heterocycles. The number of esters is 1. The average Bonchev–Trinajstić information content (AvgIpc) is 3.53. The SMILES string of the molecule is C[C@H]1CN(CC(Cc2ccccc2)(Cc2ccccc2)C(=O)Oc2ccc3c4c2OC2[C@@H](O)C=C[C@H]5[C@@H](C3)N(C)CC[C@]425)CC[C@@]1(F)c1cccc(O)c1. The maximum atomic E-state index is 16.8. The summed E-state index contributed by atoms with van der Waals surface area (Å²) in [4.78, 5) is 20.0. The highest BCUT2D eigenvalue weighted by Gasteiger charge is 2.64. The number of carbonyl (C=O) groups excluding carboxylic acids is 1. The minimum Gasteiger partial charge on any atom is -0.508 e. The monoisotopic (exact) mass is 728 g/mol. The van der Waals surface area contributed by atoms with Crippen molar-refractivity contribution in [2.75, 3.05) is 33.2 Å². The topological polar surface area (TPSA) is 82.5 Å². The van der Waals surface area contributed by atoms with E-state index in [0.29, 0.717) is 55.6 Å². The zero-order chi connectivity index (χ0) is 37.2. The van der Waals surface area contributed by atoms with E-state index in [1.54, 1.807) is 18.2 Å². The third-order valence-electron chi connectivity index (χ3n) is 13.5. The molecule has 1 spiro atoms. The van der Waals surface area contributed by atoms with E-state index in [0.717, 1.165) is 36.1 Å². The summed E-state index contributed by atoms with van der Waals surface area (Å²) in [5.41, 5.74) is 1.79. The van der Waals surface area contributed by atoms with Crippen molar-refractivity contribution in [3.05, 3.63) is 137 Å². The molecule has 3 heterocycles. The third kappa shape index (κ3) is 5.68. The van der Waals surface area contributed by atoms with Gasteiger partial charge in [-0.3, -0.25) is 4.79 Å². The van der Waals surface area contributed by atoms with Crippen molar-refractivity contribution in [3.63, 3.8) is 0 Å². The molecule has 280 valence electrons. The van der Waals surface area contributed by atoms with Gasteiger partial charge in [-0.25, -0.2) is 4.39 Å². The van der Waals surface area contributed by atoms with Gasteiger partial charge in [0.2, 0.25) is 0 Å². The maximum Gasteiger partial charge on any atom is 0.319 e. The number of likely N-dealkylation sites (N-methyl/N-ethyl adjacent to an activating group) is 1. The molecule has 0 saturated carbocycles. The summed E-state index contributed by atoms with van der Waals surface area (Å²) in [6, 6.07) is 31.0. The van der Waals surface area contributed by atoms with Crippen LogP contribution in [0.3, 0.4) is 0 Å². The number of aromatic hydroxyl groups is 1. The number of phenolic OH excluding ortho intramolecular Hbond substituents is 1. The summed E-state index contributed by atoms with van der Waals surface area (Å²) in [6.07, 6.45) is 5.68. The van der Waals surface area contributed by atoms with Crippen molar-refractivity contribution in [3.8, 4) is 17.2 Å². The molecule has 0 amide bonds. The Bertz CT molecular complexity index is 2030. The van der Waals surface area contributed by atoms with Gasteiger partial charge in [-0.15, -0.1) is 0 Å². The van der Waals surface area contributed by atoms with E-state index in [2.05, 4.69) is 53.3 Å². The standard InChI is InChI=1S/C46H49FN2O5/c1-30-28-49(23-21-46(30,47)34-14-9-15-35(50)25-34)29-44(26-31-10-5-3-6-11-31,27-32-12-7-4-8-13-32)43(52)53-39-19-16-33-24-37-36-17-18-38(51)42-45(36,20-22-48(37)2)40(33)41(39)54-42/h3-19,25,30,36-38,42,50-51H,20-24,26-29H2,1-2H3/t30-,36-,37+,38-,42?,45-,46-/m0/s1. The van der Waals surface area contributed by atoms with E-state index >= 15 is 9.18 Å². The molecule has 2 aliphatic carbocycles. The van der Waals surface area contributed by atoms with Crippen LogP contribution in [0.1, 0.15) is 47.6 Å². The first kappa shape index (κ1) is 35.2. The number of alkyl halides is 1. The first-order valence-electron chi connectivity index (χ1n) is 19.5. The predicted octanol–water partition coefficient (Wildman–Crippen LogP) is 6.78. The molecule has 0 aromatic heterocycles. The first-order valence-corrected chi connectivity index (χ1v) is 19.5. The van der Waals surface area contributed by atoms with Gasteiger partial charge in [-0.05, 0) is 86.1 Å². The number of rotatable bonds is 9. The Labute approximate surface area is 317 Å². The molecule has 7 atom stereocenters. The average molecular weight is 729 g/mol. The van der Waals surface area contributed by atoms with Crippen LogP contribution < -0.4 is 9.47 Å². The normalized spacial score (nSPS) is 30.0. The molecule has 1 unspecified atom stereocenters. The summed E-state index contributed by atoms with van der Waals surface area (Å²) < 4.78 is 30.3. The third-order valence-corrected chi connectivity index (χ3v) is 13.5. The lowest BCUT2D eigenvalue weighted by atomic mass is 9.53. The van der Waals surface area contributed by atoms with Crippen LogP contribution in [-0.4, -0.2) is 77.5 Å². The predicted molar refractivity (Wildman–Crippen MR) is 205 cm³/mol. The van der Waals surface area contributed by atoms with Gasteiger partial charge in [-0.1, -0.05) is 97.9 Å². The van der Waals surface area contributed by atoms with Crippen molar-refractivity contribution in [2.45, 2.75) is 68.4 Å². The molecule has 4 aromatic rings. The van der Waals surface area contributed by atoms with Crippen molar-refractivity contribution >= 4 is 5.97 Å². The molecule has 2 fully saturated rings. The highest BCUT2D eigenvalue weighted by Crippen LogP contribution is 2.62. The van der Waals surface area contributed by atoms with Crippen LogP contribution in [0.5, 0.6) is 17.2 Å². The van der Waals surface area contributed by atoms with E-state index in [1.807, 2.05) is 55.5 Å². The first-order chi connectivity index (χ1) is 26.1. The molecule has 0 radical (unpaired) electrons. The molecule has 3 aliphatic heterocycles. The minimum atomic E-state index is -1.61. The van der Waals surface area contributed by atoms with E-state index < -0.39 is 23.3 Å². The van der Waals surface area contributed by atoms with Crippen LogP contribution in [-0.2, 0) is 35.1 Å². The summed E-state index contributed by atoms with van der Waals surface area (Å²) >= 11 is 0. The fraction of sp³-hybridized carbons (Fsp3) is 0.413. The maximum absolute atomic E-state index is 16.8. The Morgan fingerprint density at radius 1 is 0.944 bits per heavy atom. The molecule has 54 heavy (non-hydrogen) atoms. The number of nitrogens with zero attached hydrogens (tertiary/aromatic N) is 2. The van der Waals surface area contributed by atoms with Gasteiger partial charge in [0.25, 0.3) is 0 Å². The van der Waals surface area contributed by atoms with E-state index in [1.165, 1.54) is 11.6 Å². The highest BCUT2D eigenvalue weighted by molar-refractivity contribution is 5.82. The second kappa shape index (κ2) is 13.4. The van der Waals surface area contributed by atoms with Crippen LogP contribution in [0.15, 0.2) is 109 Å². The van der Waals surface area contributed by atoms with Crippen molar-refractivity contribution in [1.82, 2.24) is 9.80 Å². The number of hydrogen-bond donors (Lipinski definition) is 2. The fourth-order valence-electron chi connectivity index (χ4n) is 10.8. The Morgan fingerprint density at radius 3 is 2.35 bits per heavy atom. The summed E-state index contributed by atoms with van der Waals surface area (Å²) in [5.74, 6) is 0.497. The smallest absolute Gasteiger partial charge is 0.319 e. The van der Waals surface area contributed by atoms with Gasteiger partial charge in [-0.2, -0.15) is 0 Å². The van der Waals surface area contributed by atoms with Gasteiger partial charge in [0.15, 0.2) is 11.5 Å². The number of likely N-dealkylation sites (tertiary alicyclic amines) is 2. The summed E-state index contributed by atoms with van der Waals surface area (Å²) in [5, 5.41) is 21.5. The Hall–Kier alpha value is -4.50. The van der Waals surface area contributed by atoms with Crippen LogP contribution in [0.25, 0.3) is 0 Å². The lowest BCUT2D eigenvalue weighted by Crippen LogP contribution is -2.64. The number of carbonyl (C=O) groups is 1. The molecule has 5 aliphatic rings. The van der Waals surface area contributed by atoms with E-state index in [-0.39, 0.29) is 35.4 Å². The van der Waals surface area contributed by atoms with Gasteiger partial charge in [0.05, 0.1) is 5.41 Å². The molecule has 2 bridgehead atoms. The zero-order valence-electron chi connectivity index (χ0n) is 31.0. The number of piperidine rings is 2. The van der Waals surface area contributed by atoms with Crippen molar-refractivity contribution in [2.24, 2.45) is 17.3 Å². The molecular formula is C46H49FN2O5. The fourth-order valence-corrected chi connectivity index (χ4v) is 10.8. The largest absolute Gasteiger partial charge is 0.508 e.